The van der Waals surface area contributed by atoms with E-state index < -0.39 is 17.2 Å². The lowest BCUT2D eigenvalue weighted by Crippen LogP contribution is -2.44. The highest BCUT2D eigenvalue weighted by Crippen LogP contribution is 2.63. The average molecular weight is 364 g/mol. The first-order valence-electron chi connectivity index (χ1n) is 8.95. The predicted octanol–water partition coefficient (Wildman–Crippen LogP) is 2.10. The number of aromatic nitrogens is 5. The van der Waals surface area contributed by atoms with Gasteiger partial charge in [0.25, 0.3) is 5.92 Å². The van der Waals surface area contributed by atoms with Crippen LogP contribution in [0.5, 0.6) is 0 Å². The largest absolute Gasteiger partial charge is 0.337 e. The monoisotopic (exact) mass is 364 g/mol. The van der Waals surface area contributed by atoms with E-state index >= 15 is 0 Å². The Kier molecular flexibility index (Phi) is 3.85. The van der Waals surface area contributed by atoms with Gasteiger partial charge in [-0.25, -0.2) is 13.5 Å². The van der Waals surface area contributed by atoms with Crippen molar-refractivity contribution in [3.63, 3.8) is 0 Å². The molecule has 26 heavy (non-hydrogen) atoms. The highest BCUT2D eigenvalue weighted by Gasteiger charge is 2.75. The molecule has 0 N–H and O–H groups in total. The first-order chi connectivity index (χ1) is 12.4. The van der Waals surface area contributed by atoms with Gasteiger partial charge >= 0.3 is 0 Å². The number of hydrogen-bond acceptors (Lipinski definition) is 4. The second kappa shape index (κ2) is 5.85. The molecule has 0 spiro atoms. The van der Waals surface area contributed by atoms with Crippen molar-refractivity contribution < 1.29 is 13.6 Å². The van der Waals surface area contributed by atoms with Gasteiger partial charge in [0.2, 0.25) is 5.91 Å². The molecule has 2 aromatic rings. The van der Waals surface area contributed by atoms with Crippen molar-refractivity contribution in [3.8, 4) is 11.4 Å². The number of aryl methyl sites for hydroxylation is 1. The maximum atomic E-state index is 13.8. The SMILES string of the molecule is CCC1(C(=O)N2CCCC2Cn2cc(-c3ccnn3C)nn2)CC1(F)F. The molecular weight excluding hydrogens is 342 g/mol. The van der Waals surface area contributed by atoms with Crippen LogP contribution in [0.1, 0.15) is 32.6 Å². The zero-order chi connectivity index (χ0) is 18.5. The van der Waals surface area contributed by atoms with Gasteiger partial charge in [-0.3, -0.25) is 9.48 Å². The molecule has 2 aromatic heterocycles. The Morgan fingerprint density at radius 3 is 2.81 bits per heavy atom. The van der Waals surface area contributed by atoms with E-state index in [1.54, 1.807) is 33.6 Å². The van der Waals surface area contributed by atoms with E-state index in [1.807, 2.05) is 13.1 Å². The number of alkyl halides is 2. The molecule has 2 fully saturated rings. The third-order valence-corrected chi connectivity index (χ3v) is 5.77. The van der Waals surface area contributed by atoms with Gasteiger partial charge in [0, 0.05) is 26.2 Å². The highest BCUT2D eigenvalue weighted by molar-refractivity contribution is 5.88. The van der Waals surface area contributed by atoms with Crippen molar-refractivity contribution in [2.45, 2.75) is 51.1 Å². The summed E-state index contributed by atoms with van der Waals surface area (Å²) in [5.41, 5.74) is 0.0514. The van der Waals surface area contributed by atoms with Gasteiger partial charge in [0.15, 0.2) is 0 Å². The van der Waals surface area contributed by atoms with Gasteiger partial charge in [0.1, 0.15) is 11.1 Å². The molecule has 2 unspecified atom stereocenters. The normalized spacial score (nSPS) is 27.1. The van der Waals surface area contributed by atoms with E-state index in [9.17, 15) is 13.6 Å². The molecule has 2 atom stereocenters. The maximum absolute atomic E-state index is 13.8. The van der Waals surface area contributed by atoms with Gasteiger partial charge < -0.3 is 4.90 Å². The summed E-state index contributed by atoms with van der Waals surface area (Å²) in [7, 11) is 1.83. The number of carbonyl (C=O) groups excluding carboxylic acids is 1. The van der Waals surface area contributed by atoms with Crippen molar-refractivity contribution in [2.75, 3.05) is 6.54 Å². The van der Waals surface area contributed by atoms with Crippen molar-refractivity contribution in [1.29, 1.82) is 0 Å². The second-order valence-corrected chi connectivity index (χ2v) is 7.28. The topological polar surface area (TPSA) is 68.8 Å². The molecule has 0 radical (unpaired) electrons. The quantitative estimate of drug-likeness (QED) is 0.815. The Bertz CT molecular complexity index is 831. The van der Waals surface area contributed by atoms with Crippen LogP contribution in [0.25, 0.3) is 11.4 Å². The Morgan fingerprint density at radius 2 is 2.19 bits per heavy atom. The molecule has 4 rings (SSSR count). The van der Waals surface area contributed by atoms with Crippen molar-refractivity contribution >= 4 is 5.91 Å². The zero-order valence-electron chi connectivity index (χ0n) is 14.9. The molecule has 140 valence electrons. The summed E-state index contributed by atoms with van der Waals surface area (Å²) in [5, 5.41) is 12.4. The number of amides is 1. The fourth-order valence-corrected chi connectivity index (χ4v) is 4.02. The molecule has 0 bridgehead atoms. The second-order valence-electron chi connectivity index (χ2n) is 7.28. The molecule has 9 heteroatoms. The van der Waals surface area contributed by atoms with Crippen LogP contribution in [0.2, 0.25) is 0 Å². The predicted molar refractivity (Wildman–Crippen MR) is 89.2 cm³/mol. The van der Waals surface area contributed by atoms with Gasteiger partial charge in [-0.05, 0) is 25.3 Å². The molecule has 1 saturated heterocycles. The smallest absolute Gasteiger partial charge is 0.263 e. The Hall–Kier alpha value is -2.32. The summed E-state index contributed by atoms with van der Waals surface area (Å²) in [4.78, 5) is 14.4. The van der Waals surface area contributed by atoms with Gasteiger partial charge in [-0.15, -0.1) is 5.10 Å². The molecule has 1 saturated carbocycles. The summed E-state index contributed by atoms with van der Waals surface area (Å²) in [6.07, 6.45) is 4.95. The minimum Gasteiger partial charge on any atom is -0.337 e. The molecule has 1 amide bonds. The van der Waals surface area contributed by atoms with Crippen molar-refractivity contribution in [1.82, 2.24) is 29.7 Å². The Morgan fingerprint density at radius 1 is 1.42 bits per heavy atom. The van der Waals surface area contributed by atoms with Crippen LogP contribution in [0.4, 0.5) is 8.78 Å². The van der Waals surface area contributed by atoms with Crippen LogP contribution in [0.3, 0.4) is 0 Å². The number of halogens is 2. The summed E-state index contributed by atoms with van der Waals surface area (Å²) < 4.78 is 31.0. The number of hydrogen-bond donors (Lipinski definition) is 0. The van der Waals surface area contributed by atoms with E-state index in [1.165, 1.54) is 0 Å². The molecule has 0 aromatic carbocycles. The summed E-state index contributed by atoms with van der Waals surface area (Å²) >= 11 is 0. The van der Waals surface area contributed by atoms with Gasteiger partial charge in [-0.1, -0.05) is 12.1 Å². The lowest BCUT2D eigenvalue weighted by Gasteiger charge is -2.28. The Balaban J connectivity index is 1.49. The number of rotatable bonds is 5. The van der Waals surface area contributed by atoms with Crippen LogP contribution in [-0.2, 0) is 18.4 Å². The lowest BCUT2D eigenvalue weighted by molar-refractivity contribution is -0.142. The van der Waals surface area contributed by atoms with Crippen molar-refractivity contribution in [2.24, 2.45) is 12.5 Å². The molecule has 3 heterocycles. The summed E-state index contributed by atoms with van der Waals surface area (Å²) in [6, 6.07) is 1.73. The number of nitrogens with zero attached hydrogens (tertiary/aromatic N) is 6. The first-order valence-corrected chi connectivity index (χ1v) is 8.95. The van der Waals surface area contributed by atoms with Crippen LogP contribution in [0.15, 0.2) is 18.5 Å². The van der Waals surface area contributed by atoms with Gasteiger partial charge in [-0.2, -0.15) is 5.10 Å². The number of carbonyl (C=O) groups is 1. The van der Waals surface area contributed by atoms with Crippen LogP contribution in [-0.4, -0.2) is 54.1 Å². The van der Waals surface area contributed by atoms with Crippen LogP contribution < -0.4 is 0 Å². The lowest BCUT2D eigenvalue weighted by atomic mass is 10.0. The van der Waals surface area contributed by atoms with E-state index in [4.69, 9.17) is 0 Å². The third-order valence-electron chi connectivity index (χ3n) is 5.77. The molecular formula is C17H22F2N6O. The van der Waals surface area contributed by atoms with E-state index in [0.29, 0.717) is 18.8 Å². The van der Waals surface area contributed by atoms with E-state index in [-0.39, 0.29) is 18.9 Å². The van der Waals surface area contributed by atoms with Crippen LogP contribution >= 0.6 is 0 Å². The first kappa shape index (κ1) is 17.1. The van der Waals surface area contributed by atoms with E-state index in [2.05, 4.69) is 15.4 Å². The Labute approximate surface area is 150 Å². The minimum absolute atomic E-state index is 0.122. The molecule has 1 aliphatic heterocycles. The van der Waals surface area contributed by atoms with E-state index in [0.717, 1.165) is 18.5 Å². The fraction of sp³-hybridized carbons (Fsp3) is 0.647. The maximum Gasteiger partial charge on any atom is 0.263 e. The fourth-order valence-electron chi connectivity index (χ4n) is 4.02. The number of likely N-dealkylation sites (tertiary alicyclic amines) is 1. The average Bonchev–Trinajstić information content (AvgIpc) is 3.13. The standard InChI is InChI=1S/C17H22F2N6O/c1-3-16(11-17(16,18)19)15(26)25-8-4-5-12(25)9-24-10-13(21-22-24)14-6-7-20-23(14)2/h6-7,10,12H,3-5,8-9,11H2,1-2H3. The van der Waals surface area contributed by atoms with Gasteiger partial charge in [0.05, 0.1) is 24.5 Å². The summed E-state index contributed by atoms with van der Waals surface area (Å²) in [6.45, 7) is 2.66. The molecule has 7 nitrogen and oxygen atoms in total. The van der Waals surface area contributed by atoms with Crippen LogP contribution in [0, 0.1) is 5.41 Å². The summed E-state index contributed by atoms with van der Waals surface area (Å²) in [5.74, 6) is -3.27. The molecule has 2 aliphatic rings. The van der Waals surface area contributed by atoms with Crippen molar-refractivity contribution in [3.05, 3.63) is 18.5 Å². The molecule has 1 aliphatic carbocycles. The zero-order valence-corrected chi connectivity index (χ0v) is 14.9. The minimum atomic E-state index is -2.87. The highest BCUT2D eigenvalue weighted by atomic mass is 19.3. The third kappa shape index (κ3) is 2.52.